The monoisotopic (exact) mass is 389 g/mol. The number of hydrogen-bond acceptors (Lipinski definition) is 2. The lowest BCUT2D eigenvalue weighted by Gasteiger charge is -2.23. The van der Waals surface area contributed by atoms with Crippen LogP contribution >= 0.6 is 0 Å². The maximum absolute atomic E-state index is 15.2. The molecule has 1 aliphatic carbocycles. The largest absolute Gasteiger partial charge is 0.312 e. The number of hydrogen-bond donors (Lipinski definition) is 3. The zero-order chi connectivity index (χ0) is 19.0. The highest BCUT2D eigenvalue weighted by Crippen LogP contribution is 2.43. The van der Waals surface area contributed by atoms with Crippen LogP contribution in [0.3, 0.4) is 0 Å². The van der Waals surface area contributed by atoms with Gasteiger partial charge in [0.1, 0.15) is 5.82 Å². The van der Waals surface area contributed by atoms with Crippen molar-refractivity contribution in [1.29, 1.82) is 4.78 Å². The van der Waals surface area contributed by atoms with Crippen molar-refractivity contribution in [3.05, 3.63) is 59.4 Å². The van der Waals surface area contributed by atoms with Crippen LogP contribution in [-0.2, 0) is 17.3 Å². The summed E-state index contributed by atoms with van der Waals surface area (Å²) in [5.74, 6) is -0.190. The zero-order valence-corrected chi connectivity index (χ0v) is 16.2. The lowest BCUT2D eigenvalue weighted by Crippen LogP contribution is -2.44. The minimum Gasteiger partial charge on any atom is -0.312 e. The van der Waals surface area contributed by atoms with Crippen LogP contribution in [0.4, 0.5) is 8.78 Å². The molecule has 4 rings (SSSR count). The lowest BCUT2D eigenvalue weighted by molar-refractivity contribution is 0.424. The summed E-state index contributed by atoms with van der Waals surface area (Å²) in [6.07, 6.45) is 2.32. The molecule has 1 saturated heterocycles. The van der Waals surface area contributed by atoms with Gasteiger partial charge >= 0.3 is 0 Å². The van der Waals surface area contributed by atoms with E-state index in [9.17, 15) is 4.39 Å². The van der Waals surface area contributed by atoms with Gasteiger partial charge in [0.15, 0.2) is 5.00 Å². The van der Waals surface area contributed by atoms with Crippen LogP contribution in [0.1, 0.15) is 30.4 Å². The Kier molecular flexibility index (Phi) is 5.14. The highest BCUT2D eigenvalue weighted by atomic mass is 32.2. The van der Waals surface area contributed by atoms with Crippen LogP contribution in [0.5, 0.6) is 0 Å². The van der Waals surface area contributed by atoms with Crippen molar-refractivity contribution in [3.63, 3.8) is 0 Å². The van der Waals surface area contributed by atoms with Crippen molar-refractivity contribution in [1.82, 2.24) is 10.0 Å². The molecule has 1 saturated carbocycles. The molecule has 6 heteroatoms. The van der Waals surface area contributed by atoms with Gasteiger partial charge < -0.3 is 5.32 Å². The molecule has 3 unspecified atom stereocenters. The second kappa shape index (κ2) is 7.41. The van der Waals surface area contributed by atoms with Gasteiger partial charge in [-0.1, -0.05) is 48.0 Å². The summed E-state index contributed by atoms with van der Waals surface area (Å²) in [7, 11) is -1.19. The molecule has 1 heterocycles. The molecule has 2 fully saturated rings. The van der Waals surface area contributed by atoms with Crippen LogP contribution in [0.15, 0.2) is 42.5 Å². The van der Waals surface area contributed by atoms with E-state index in [1.54, 1.807) is 0 Å². The summed E-state index contributed by atoms with van der Waals surface area (Å²) in [6.45, 7) is 2.80. The van der Waals surface area contributed by atoms with Crippen LogP contribution in [0.2, 0.25) is 0 Å². The third-order valence-corrected chi connectivity index (χ3v) is 7.15. The molecule has 0 spiro atoms. The van der Waals surface area contributed by atoms with Gasteiger partial charge in [-0.25, -0.2) is 13.5 Å². The van der Waals surface area contributed by atoms with Gasteiger partial charge in [-0.05, 0) is 50.3 Å². The fraction of sp³-hybridized carbons (Fsp3) is 0.429. The van der Waals surface area contributed by atoms with Crippen LogP contribution < -0.4 is 10.0 Å². The van der Waals surface area contributed by atoms with Gasteiger partial charge in [-0.2, -0.15) is 0 Å². The van der Waals surface area contributed by atoms with E-state index < -0.39 is 15.9 Å². The van der Waals surface area contributed by atoms with Crippen LogP contribution in [0.25, 0.3) is 11.1 Å². The third-order valence-electron chi connectivity index (χ3n) is 5.47. The summed E-state index contributed by atoms with van der Waals surface area (Å²) in [4.78, 5) is 0. The van der Waals surface area contributed by atoms with E-state index >= 15 is 4.39 Å². The molecule has 144 valence electrons. The normalized spacial score (nSPS) is 24.7. The van der Waals surface area contributed by atoms with E-state index in [0.717, 1.165) is 24.1 Å². The topological polar surface area (TPSA) is 47.9 Å². The molecule has 3 N–H and O–H groups in total. The van der Waals surface area contributed by atoms with Crippen LogP contribution in [-0.4, -0.2) is 23.6 Å². The first-order chi connectivity index (χ1) is 13.0. The smallest absolute Gasteiger partial charge is 0.179 e. The Labute approximate surface area is 161 Å². The quantitative estimate of drug-likeness (QED) is 0.685. The Hall–Kier alpha value is -1.63. The number of halogens is 2. The summed E-state index contributed by atoms with van der Waals surface area (Å²) in [6, 6.07) is 13.4. The molecule has 2 aliphatic rings. The molecular formula is C21H25F2N3S. The van der Waals surface area contributed by atoms with Crippen LogP contribution in [0, 0.1) is 17.5 Å². The Bertz CT molecular complexity index is 866. The first-order valence-electron chi connectivity index (χ1n) is 9.45. The number of rotatable bonds is 6. The Morgan fingerprint density at radius 2 is 2.04 bits per heavy atom. The van der Waals surface area contributed by atoms with E-state index in [-0.39, 0.29) is 17.9 Å². The third kappa shape index (κ3) is 3.98. The van der Waals surface area contributed by atoms with Gasteiger partial charge in [0.25, 0.3) is 0 Å². The first-order valence-corrected chi connectivity index (χ1v) is 10.7. The molecule has 1 aliphatic heterocycles. The number of nitrogens with one attached hydrogen (secondary N) is 3. The molecular weight excluding hydrogens is 364 g/mol. The summed E-state index contributed by atoms with van der Waals surface area (Å²) in [5.41, 5.74) is 3.25. The van der Waals surface area contributed by atoms with Gasteiger partial charge in [0, 0.05) is 28.5 Å². The standard InChI is InChI=1S/C21H25F2N3S/c1-14-4-2-5-15(12-14)17-7-3-6-16(20(17)22)13-19-18(8-11-25-19)26-27(24)21(23)9-10-21/h2-7,12,18-19,25H,8-11,13H2,1H3,(H2,24,26). The second-order valence-electron chi connectivity index (χ2n) is 7.62. The zero-order valence-electron chi connectivity index (χ0n) is 15.4. The molecule has 27 heavy (non-hydrogen) atoms. The average Bonchev–Trinajstić information content (AvgIpc) is 3.26. The predicted molar refractivity (Wildman–Crippen MR) is 107 cm³/mol. The summed E-state index contributed by atoms with van der Waals surface area (Å²) >= 11 is 0. The predicted octanol–water partition coefficient (Wildman–Crippen LogP) is 4.42. The highest BCUT2D eigenvalue weighted by Gasteiger charge is 2.48. The second-order valence-corrected chi connectivity index (χ2v) is 9.19. The fourth-order valence-corrected chi connectivity index (χ4v) is 5.00. The average molecular weight is 390 g/mol. The van der Waals surface area contributed by atoms with Crippen molar-refractivity contribution in [2.45, 2.75) is 49.7 Å². The van der Waals surface area contributed by atoms with Gasteiger partial charge in [0.05, 0.1) is 0 Å². The Morgan fingerprint density at radius 3 is 2.78 bits per heavy atom. The van der Waals surface area contributed by atoms with E-state index in [0.29, 0.717) is 30.4 Å². The molecule has 0 bridgehead atoms. The van der Waals surface area contributed by atoms with Crippen molar-refractivity contribution < 1.29 is 8.78 Å². The molecule has 3 nitrogen and oxygen atoms in total. The minimum absolute atomic E-state index is 0.00100. The lowest BCUT2D eigenvalue weighted by atomic mass is 9.96. The first kappa shape index (κ1) is 18.7. The summed E-state index contributed by atoms with van der Waals surface area (Å²) in [5, 5.41) is 2.05. The molecule has 2 aromatic carbocycles. The maximum Gasteiger partial charge on any atom is 0.179 e. The highest BCUT2D eigenvalue weighted by molar-refractivity contribution is 7.85. The Balaban J connectivity index is 1.52. The minimum atomic E-state index is -1.34. The van der Waals surface area contributed by atoms with Crippen molar-refractivity contribution in [3.8, 4) is 11.1 Å². The van der Waals surface area contributed by atoms with Gasteiger partial charge in [-0.15, -0.1) is 0 Å². The van der Waals surface area contributed by atoms with Crippen molar-refractivity contribution in [2.24, 2.45) is 0 Å². The molecule has 0 radical (unpaired) electrons. The number of alkyl halides is 1. The fourth-order valence-electron chi connectivity index (χ4n) is 3.69. The SMILES string of the molecule is Cc1cccc(-c2cccc(CC3NCCC3NS(=N)C3(F)CC3)c2F)c1. The molecule has 0 amide bonds. The van der Waals surface area contributed by atoms with E-state index in [1.165, 1.54) is 0 Å². The number of benzene rings is 2. The summed E-state index contributed by atoms with van der Waals surface area (Å²) < 4.78 is 40.5. The van der Waals surface area contributed by atoms with E-state index in [2.05, 4.69) is 10.0 Å². The van der Waals surface area contributed by atoms with E-state index in [4.69, 9.17) is 4.78 Å². The van der Waals surface area contributed by atoms with Crippen molar-refractivity contribution >= 4 is 10.9 Å². The maximum atomic E-state index is 15.2. The van der Waals surface area contributed by atoms with E-state index in [1.807, 2.05) is 49.4 Å². The Morgan fingerprint density at radius 1 is 1.26 bits per heavy atom. The molecule has 3 atom stereocenters. The molecule has 0 aromatic heterocycles. The van der Waals surface area contributed by atoms with Crippen molar-refractivity contribution in [2.75, 3.05) is 6.54 Å². The van der Waals surface area contributed by atoms with Gasteiger partial charge in [0.2, 0.25) is 0 Å². The molecule has 2 aromatic rings. The number of aryl methyl sites for hydroxylation is 1. The van der Waals surface area contributed by atoms with Gasteiger partial charge in [-0.3, -0.25) is 4.78 Å².